The van der Waals surface area contributed by atoms with Crippen molar-refractivity contribution in [2.45, 2.75) is 29.6 Å². The third-order valence-electron chi connectivity index (χ3n) is 23.9. The van der Waals surface area contributed by atoms with Gasteiger partial charge in [-0.15, -0.1) is 0 Å². The minimum atomic E-state index is -0.605. The third-order valence-corrected chi connectivity index (χ3v) is 23.9. The van der Waals surface area contributed by atoms with Gasteiger partial charge in [0.1, 0.15) is 96.2 Å². The zero-order valence-corrected chi connectivity index (χ0v) is 72.7. The van der Waals surface area contributed by atoms with Crippen LogP contribution in [0.15, 0.2) is 302 Å². The van der Waals surface area contributed by atoms with Gasteiger partial charge in [0.15, 0.2) is 0 Å². The topological polar surface area (TPSA) is 461 Å². The molecule has 39 nitrogen and oxygen atoms in total. The molecule has 14 heterocycles. The van der Waals surface area contributed by atoms with Crippen LogP contribution in [0.2, 0.25) is 0 Å². The number of benzene rings is 10. The molecule has 0 aliphatic carbocycles. The minimum absolute atomic E-state index is 0.0308. The number of nitrogens with one attached hydrogen (secondary N) is 10. The number of fused-ring (bicyclic) bond motifs is 9. The fourth-order valence-corrected chi connectivity index (χ4v) is 17.6. The van der Waals surface area contributed by atoms with Crippen LogP contribution in [0.25, 0.3) is 96.8 Å². The molecule has 0 spiro atoms. The first-order chi connectivity index (χ1) is 67.9. The summed E-state index contributed by atoms with van der Waals surface area (Å²) in [6.07, 6.45) is 8.53. The summed E-state index contributed by atoms with van der Waals surface area (Å²) >= 11 is 0. The lowest BCUT2D eigenvalue weighted by Gasteiger charge is -2.27. The van der Waals surface area contributed by atoms with Crippen molar-refractivity contribution < 1.29 is 42.4 Å². The summed E-state index contributed by atoms with van der Waals surface area (Å²) in [6.45, 7) is 39.5. The number of hydrogen-bond donors (Lipinski definition) is 10. The molecule has 24 rings (SSSR count). The van der Waals surface area contributed by atoms with Crippen LogP contribution in [0, 0.1) is 43.0 Å². The van der Waals surface area contributed by atoms with Gasteiger partial charge in [-0.2, -0.15) is 25.5 Å². The Bertz CT molecular complexity index is 8320. The Labute approximate surface area is 780 Å². The van der Waals surface area contributed by atoms with Gasteiger partial charge < -0.3 is 45.5 Å². The summed E-state index contributed by atoms with van der Waals surface area (Å²) < 4.78 is 41.0. The number of methoxy groups -OCH3 is 4. The average Bonchev–Trinajstić information content (AvgIpc) is 1.68. The first-order valence-electron chi connectivity index (χ1n) is 42.2. The van der Waals surface area contributed by atoms with Gasteiger partial charge in [0.25, 0.3) is 5.69 Å². The molecule has 5 aliphatic heterocycles. The van der Waals surface area contributed by atoms with E-state index in [2.05, 4.69) is 143 Å². The molecule has 5 unspecified atom stereocenters. The van der Waals surface area contributed by atoms with Crippen LogP contribution in [0.5, 0.6) is 23.0 Å². The number of hydrogen-bond acceptors (Lipinski definition) is 28. The predicted octanol–water partition coefficient (Wildman–Crippen LogP) is 19.4. The molecule has 0 amide bonds. The molecule has 9 aromatic heterocycles. The van der Waals surface area contributed by atoms with Gasteiger partial charge in [0, 0.05) is 67.8 Å². The Balaban J connectivity index is 0.000000106. The molecule has 10 aromatic carbocycles. The van der Waals surface area contributed by atoms with E-state index in [1.807, 2.05) is 188 Å². The van der Waals surface area contributed by atoms with Crippen LogP contribution in [-0.4, -0.2) is 126 Å². The zero-order valence-electron chi connectivity index (χ0n) is 72.7. The van der Waals surface area contributed by atoms with E-state index in [4.69, 9.17) is 70.3 Å². The molecule has 670 valence electrons. The van der Waals surface area contributed by atoms with Crippen LogP contribution < -0.4 is 45.5 Å². The molecule has 19 aromatic rings. The van der Waals surface area contributed by atoms with Crippen LogP contribution >= 0.6 is 0 Å². The van der Waals surface area contributed by atoms with Crippen molar-refractivity contribution in [3.8, 4) is 23.0 Å². The Morgan fingerprint density at radius 1 is 0.297 bits per heavy atom. The van der Waals surface area contributed by atoms with Crippen molar-refractivity contribution in [2.24, 2.45) is 0 Å². The maximum Gasteiger partial charge on any atom is 0.272 e. The van der Waals surface area contributed by atoms with Crippen molar-refractivity contribution in [1.82, 2.24) is 92.2 Å². The normalized spacial score (nSPS) is 15.8. The molecule has 39 heteroatoms. The van der Waals surface area contributed by atoms with Crippen molar-refractivity contribution in [3.63, 3.8) is 0 Å². The highest BCUT2D eigenvalue weighted by molar-refractivity contribution is 5.95. The second kappa shape index (κ2) is 37.2. The van der Waals surface area contributed by atoms with Crippen LogP contribution in [-0.2, 0) is 0 Å². The Morgan fingerprint density at radius 2 is 0.594 bits per heavy atom. The highest BCUT2D eigenvalue weighted by Gasteiger charge is 2.41. The van der Waals surface area contributed by atoms with Crippen molar-refractivity contribution in [1.29, 1.82) is 0 Å². The van der Waals surface area contributed by atoms with Gasteiger partial charge in [-0.1, -0.05) is 152 Å². The number of nitro groups is 1. The van der Waals surface area contributed by atoms with Crippen molar-refractivity contribution in [3.05, 3.63) is 435 Å². The Hall–Kier alpha value is -20.4. The van der Waals surface area contributed by atoms with E-state index in [0.29, 0.717) is 130 Å². The molecule has 0 bridgehead atoms. The molecule has 5 atom stereocenters. The number of aromatic amines is 5. The number of rotatable bonds is 15. The molecule has 0 fully saturated rings. The second-order valence-corrected chi connectivity index (χ2v) is 31.1. The molecular weight excluding hydrogens is 1760 g/mol. The standard InChI is InChI=1S/3C20H14N6O2.C20H15N5O3.C19H12N6O/c1-21-19-16(13-7-4-8-15-18(13)26-28-25-15)14-10-22-24-20(14)23-17(19)11-5-3-6-12(9-11)27-2;1-21-19-16(12-7-5-8-14-17(12)26-28-25-14)13-10-22-24-20(13)23-18(19)11-6-3-4-9-15(11)27-2;1-21-19-16(13-4-3-5-15-18(13)26-28-25-15)14-10-22-24-20(14)23-17(19)11-6-8-12(27-2)9-7-11;1-21-19-17(14-5-3-4-6-16(14)25(26)27)15-11-22-24-20(15)23-18(19)12-7-9-13(28-2)10-8-12;1-20-18-15(12-8-5-9-14-17(12)25-26-24-14)13-10-21-23-19(13)22-16(18)11-6-3-2-4-7-11/h3*3-10,16H,2H3,(H2,22,23,24);3-11,17H,2H3,(H2,22,23,24);2-10,15H,(H2,21,22,23). The maximum absolute atomic E-state index is 11.6. The third kappa shape index (κ3) is 15.6. The number of para-hydroxylation sites is 2. The van der Waals surface area contributed by atoms with Crippen LogP contribution in [0.4, 0.5) is 34.8 Å². The number of H-pyrrole nitrogens is 5. The maximum atomic E-state index is 11.6. The SMILES string of the molecule is [C-]#[N+]C1=C(c2ccc(OC)cc2)Nc2[nH]ncc2C1c1cccc2nonc12.[C-]#[N+]C1=C(c2ccc(OC)cc2)Nc2[nH]ncc2C1c1ccccc1[N+](=O)[O-].[C-]#[N+]C1=C(c2cccc(OC)c2)Nc2[nH]ncc2C1c1cccc2nonc12.[C-]#[N+]C1=C(c2ccccc2)Nc2[nH]ncc2C1c1cccc2nonc12.[C-]#[N+]C1=C(c2ccccc2OC)Nc2[nH]ncc2C1c1cccc2nonc12. The fourth-order valence-electron chi connectivity index (χ4n) is 17.6. The zero-order chi connectivity index (χ0) is 94.4. The summed E-state index contributed by atoms with van der Waals surface area (Å²) in [5.74, 6) is 4.44. The number of nitro benzene ring substituents is 1. The molecule has 0 radical (unpaired) electrons. The summed E-state index contributed by atoms with van der Waals surface area (Å²) in [7, 11) is 6.43. The van der Waals surface area contributed by atoms with Gasteiger partial charge in [-0.25, -0.2) is 42.7 Å². The van der Waals surface area contributed by atoms with E-state index in [1.54, 1.807) is 89.8 Å². The molecule has 10 N–H and O–H groups in total. The molecule has 0 saturated heterocycles. The van der Waals surface area contributed by atoms with Gasteiger partial charge in [0.05, 0.1) is 132 Å². The Kier molecular flexibility index (Phi) is 23.1. The number of allylic oxidation sites excluding steroid dienone is 5. The monoisotopic (exact) mass is 1820 g/mol. The van der Waals surface area contributed by atoms with Gasteiger partial charge in [-0.05, 0) is 152 Å². The first kappa shape index (κ1) is 85.7. The lowest BCUT2D eigenvalue weighted by molar-refractivity contribution is -0.385. The Morgan fingerprint density at radius 3 is 0.949 bits per heavy atom. The van der Waals surface area contributed by atoms with Crippen LogP contribution in [0.3, 0.4) is 0 Å². The molecule has 0 saturated carbocycles. The summed E-state index contributed by atoms with van der Waals surface area (Å²) in [6, 6.07) is 69.0. The van der Waals surface area contributed by atoms with Gasteiger partial charge in [0.2, 0.25) is 28.5 Å². The lowest BCUT2D eigenvalue weighted by Crippen LogP contribution is -2.17. The molecular formula is C99H69N29O10. The smallest absolute Gasteiger partial charge is 0.272 e. The van der Waals surface area contributed by atoms with Crippen LogP contribution in [0.1, 0.15) is 113 Å². The highest BCUT2D eigenvalue weighted by Crippen LogP contribution is 2.53. The average molecular weight is 1820 g/mol. The minimum Gasteiger partial charge on any atom is -0.497 e. The second-order valence-electron chi connectivity index (χ2n) is 31.1. The quantitative estimate of drug-likeness (QED) is 0.0259. The molecule has 5 aliphatic rings. The van der Waals surface area contributed by atoms with E-state index in [1.165, 1.54) is 6.07 Å². The van der Waals surface area contributed by atoms with Crippen molar-refractivity contribution >= 4 is 107 Å². The van der Waals surface area contributed by atoms with E-state index in [-0.39, 0.29) is 29.4 Å². The number of nitrogens with zero attached hydrogens (tertiary/aromatic N) is 19. The largest absolute Gasteiger partial charge is 0.497 e. The molecule has 138 heavy (non-hydrogen) atoms. The fraction of sp³-hybridized carbons (Fsp3) is 0.0909. The summed E-state index contributed by atoms with van der Waals surface area (Å²) in [5, 5.41) is 95.6. The number of anilines is 5. The van der Waals surface area contributed by atoms with E-state index in [0.717, 1.165) is 107 Å². The number of ether oxygens (including phenoxy) is 4. The van der Waals surface area contributed by atoms with E-state index >= 15 is 0 Å². The lowest BCUT2D eigenvalue weighted by atomic mass is 9.84. The van der Waals surface area contributed by atoms with Gasteiger partial charge >= 0.3 is 0 Å². The summed E-state index contributed by atoms with van der Waals surface area (Å²) in [4.78, 5) is 30.5. The number of aromatic nitrogens is 18. The summed E-state index contributed by atoms with van der Waals surface area (Å²) in [5.41, 5.74) is 23.4. The van der Waals surface area contributed by atoms with Gasteiger partial charge in [-0.3, -0.25) is 35.6 Å². The van der Waals surface area contributed by atoms with E-state index < -0.39 is 10.8 Å². The highest BCUT2D eigenvalue weighted by atomic mass is 16.6. The van der Waals surface area contributed by atoms with Crippen molar-refractivity contribution in [2.75, 3.05) is 55.0 Å². The first-order valence-corrected chi connectivity index (χ1v) is 42.2. The predicted molar refractivity (Wildman–Crippen MR) is 507 cm³/mol. The van der Waals surface area contributed by atoms with E-state index in [9.17, 15) is 10.1 Å².